The molecule has 1 amide bonds. The molecule has 0 saturated heterocycles. The van der Waals surface area contributed by atoms with Crippen LogP contribution in [0.25, 0.3) is 11.3 Å². The molecular weight excluding hydrogens is 352 g/mol. The first-order chi connectivity index (χ1) is 12.6. The van der Waals surface area contributed by atoms with E-state index in [-0.39, 0.29) is 5.91 Å². The summed E-state index contributed by atoms with van der Waals surface area (Å²) >= 11 is 5.99. The Bertz CT molecular complexity index is 963. The lowest BCUT2D eigenvalue weighted by Gasteiger charge is -2.07. The highest BCUT2D eigenvalue weighted by atomic mass is 35.5. The molecule has 0 atom stereocenters. The Morgan fingerprint density at radius 2 is 2.04 bits per heavy atom. The normalized spacial score (nSPS) is 10.9. The third kappa shape index (κ3) is 4.13. The molecule has 0 saturated carbocycles. The van der Waals surface area contributed by atoms with Crippen LogP contribution in [0.4, 0.5) is 0 Å². The summed E-state index contributed by atoms with van der Waals surface area (Å²) in [4.78, 5) is 12.2. The molecule has 3 aromatic rings. The van der Waals surface area contributed by atoms with Gasteiger partial charge in [0.15, 0.2) is 0 Å². The standard InChI is InChI=1S/C20H17ClN2O3/c1-13-6-8-17(19(10-13)25-2)20(24)23-22-12-16-7-9-18(26-16)14-4-3-5-15(21)11-14/h3-12H,1-2H3,(H,23,24). The minimum absolute atomic E-state index is 0.361. The second-order valence-corrected chi connectivity index (χ2v) is 6.05. The van der Waals surface area contributed by atoms with Crippen molar-refractivity contribution >= 4 is 23.7 Å². The van der Waals surface area contributed by atoms with Crippen LogP contribution >= 0.6 is 11.6 Å². The number of nitrogens with zero attached hydrogens (tertiary/aromatic N) is 1. The Balaban J connectivity index is 1.69. The SMILES string of the molecule is COc1cc(C)ccc1C(=O)NN=Cc1ccc(-c2cccc(Cl)c2)o1. The van der Waals surface area contributed by atoms with Crippen molar-refractivity contribution in [1.82, 2.24) is 5.43 Å². The van der Waals surface area contributed by atoms with Crippen LogP contribution in [0, 0.1) is 6.92 Å². The van der Waals surface area contributed by atoms with E-state index in [4.69, 9.17) is 20.8 Å². The van der Waals surface area contributed by atoms with E-state index in [0.29, 0.717) is 27.9 Å². The molecule has 0 unspecified atom stereocenters. The van der Waals surface area contributed by atoms with Gasteiger partial charge in [-0.3, -0.25) is 4.79 Å². The lowest BCUT2D eigenvalue weighted by molar-refractivity contribution is 0.0952. The average molecular weight is 369 g/mol. The maximum Gasteiger partial charge on any atom is 0.275 e. The van der Waals surface area contributed by atoms with Crippen LogP contribution in [0.5, 0.6) is 5.75 Å². The molecule has 0 aliphatic heterocycles. The number of methoxy groups -OCH3 is 1. The molecule has 0 spiro atoms. The number of aryl methyl sites for hydroxylation is 1. The van der Waals surface area contributed by atoms with Gasteiger partial charge in [-0.25, -0.2) is 5.43 Å². The van der Waals surface area contributed by atoms with Gasteiger partial charge in [0.1, 0.15) is 17.3 Å². The van der Waals surface area contributed by atoms with Crippen LogP contribution in [0.15, 0.2) is 64.1 Å². The van der Waals surface area contributed by atoms with Crippen molar-refractivity contribution in [1.29, 1.82) is 0 Å². The van der Waals surface area contributed by atoms with Gasteiger partial charge in [0.25, 0.3) is 5.91 Å². The summed E-state index contributed by atoms with van der Waals surface area (Å²) < 4.78 is 10.9. The van der Waals surface area contributed by atoms with Crippen molar-refractivity contribution in [2.45, 2.75) is 6.92 Å². The van der Waals surface area contributed by atoms with E-state index in [1.54, 1.807) is 24.3 Å². The Morgan fingerprint density at radius 3 is 2.81 bits per heavy atom. The number of amides is 1. The molecule has 1 heterocycles. The van der Waals surface area contributed by atoms with Gasteiger partial charge in [-0.1, -0.05) is 29.8 Å². The molecule has 0 bridgehead atoms. The van der Waals surface area contributed by atoms with Crippen molar-refractivity contribution in [3.8, 4) is 17.1 Å². The van der Waals surface area contributed by atoms with Crippen LogP contribution < -0.4 is 10.2 Å². The fourth-order valence-corrected chi connectivity index (χ4v) is 2.61. The summed E-state index contributed by atoms with van der Waals surface area (Å²) in [5, 5.41) is 4.57. The molecule has 132 valence electrons. The molecule has 0 radical (unpaired) electrons. The van der Waals surface area contributed by atoms with Crippen LogP contribution in [-0.2, 0) is 0 Å². The molecular formula is C20H17ClN2O3. The molecule has 1 aromatic heterocycles. The number of hydrogen-bond acceptors (Lipinski definition) is 4. The minimum Gasteiger partial charge on any atom is -0.496 e. The number of halogens is 1. The minimum atomic E-state index is -0.361. The lowest BCUT2D eigenvalue weighted by atomic mass is 10.1. The Labute approximate surface area is 156 Å². The number of furan rings is 1. The number of hydrogen-bond donors (Lipinski definition) is 1. The van der Waals surface area contributed by atoms with E-state index in [9.17, 15) is 4.79 Å². The molecule has 0 aliphatic carbocycles. The van der Waals surface area contributed by atoms with Crippen LogP contribution in [0.3, 0.4) is 0 Å². The molecule has 5 nitrogen and oxygen atoms in total. The zero-order chi connectivity index (χ0) is 18.5. The summed E-state index contributed by atoms with van der Waals surface area (Å²) in [7, 11) is 1.52. The fourth-order valence-electron chi connectivity index (χ4n) is 2.42. The molecule has 1 N–H and O–H groups in total. The van der Waals surface area contributed by atoms with E-state index in [2.05, 4.69) is 10.5 Å². The summed E-state index contributed by atoms with van der Waals surface area (Å²) in [5.41, 5.74) is 4.75. The lowest BCUT2D eigenvalue weighted by Crippen LogP contribution is -2.18. The number of benzene rings is 2. The predicted molar refractivity (Wildman–Crippen MR) is 102 cm³/mol. The Hall–Kier alpha value is -3.05. The second-order valence-electron chi connectivity index (χ2n) is 5.62. The van der Waals surface area contributed by atoms with Crippen LogP contribution in [-0.4, -0.2) is 19.2 Å². The zero-order valence-electron chi connectivity index (χ0n) is 14.3. The van der Waals surface area contributed by atoms with Crippen molar-refractivity contribution in [2.75, 3.05) is 7.11 Å². The van der Waals surface area contributed by atoms with Gasteiger partial charge in [-0.05, 0) is 48.9 Å². The monoisotopic (exact) mass is 368 g/mol. The third-order valence-corrected chi connectivity index (χ3v) is 3.93. The molecule has 26 heavy (non-hydrogen) atoms. The highest BCUT2D eigenvalue weighted by Crippen LogP contribution is 2.24. The number of hydrazone groups is 1. The van der Waals surface area contributed by atoms with E-state index in [1.165, 1.54) is 13.3 Å². The highest BCUT2D eigenvalue weighted by Gasteiger charge is 2.11. The maximum absolute atomic E-state index is 12.2. The average Bonchev–Trinajstić information content (AvgIpc) is 3.10. The van der Waals surface area contributed by atoms with Crippen molar-refractivity contribution in [3.63, 3.8) is 0 Å². The number of ether oxygens (including phenoxy) is 1. The highest BCUT2D eigenvalue weighted by molar-refractivity contribution is 6.30. The van der Waals surface area contributed by atoms with Crippen molar-refractivity contribution < 1.29 is 13.9 Å². The third-order valence-electron chi connectivity index (χ3n) is 3.70. The smallest absolute Gasteiger partial charge is 0.275 e. The van der Waals surface area contributed by atoms with Crippen molar-refractivity contribution in [3.05, 3.63) is 76.5 Å². The molecule has 2 aromatic carbocycles. The topological polar surface area (TPSA) is 63.8 Å². The predicted octanol–water partition coefficient (Wildman–Crippen LogP) is 4.68. The van der Waals surface area contributed by atoms with E-state index in [0.717, 1.165) is 11.1 Å². The van der Waals surface area contributed by atoms with Gasteiger partial charge in [-0.2, -0.15) is 5.10 Å². The van der Waals surface area contributed by atoms with E-state index >= 15 is 0 Å². The summed E-state index contributed by atoms with van der Waals surface area (Å²) in [5.74, 6) is 1.32. The molecule has 0 fully saturated rings. The van der Waals surface area contributed by atoms with Crippen LogP contribution in [0.2, 0.25) is 5.02 Å². The number of rotatable bonds is 5. The van der Waals surface area contributed by atoms with Gasteiger partial charge in [0, 0.05) is 10.6 Å². The summed E-state index contributed by atoms with van der Waals surface area (Å²) in [6.45, 7) is 1.93. The number of carbonyl (C=O) groups excluding carboxylic acids is 1. The second kappa shape index (κ2) is 7.89. The van der Waals surface area contributed by atoms with Gasteiger partial charge < -0.3 is 9.15 Å². The van der Waals surface area contributed by atoms with Gasteiger partial charge in [-0.15, -0.1) is 0 Å². The van der Waals surface area contributed by atoms with Crippen LogP contribution in [0.1, 0.15) is 21.7 Å². The molecule has 6 heteroatoms. The zero-order valence-corrected chi connectivity index (χ0v) is 15.1. The summed E-state index contributed by atoms with van der Waals surface area (Å²) in [6, 6.07) is 16.3. The van der Waals surface area contributed by atoms with Gasteiger partial charge >= 0.3 is 0 Å². The van der Waals surface area contributed by atoms with Crippen molar-refractivity contribution in [2.24, 2.45) is 5.10 Å². The summed E-state index contributed by atoms with van der Waals surface area (Å²) in [6.07, 6.45) is 1.44. The molecule has 0 aliphatic rings. The van der Waals surface area contributed by atoms with E-state index in [1.807, 2.05) is 37.3 Å². The Morgan fingerprint density at radius 1 is 1.19 bits per heavy atom. The number of nitrogens with one attached hydrogen (secondary N) is 1. The first-order valence-electron chi connectivity index (χ1n) is 7.90. The van der Waals surface area contributed by atoms with Gasteiger partial charge in [0.05, 0.1) is 18.9 Å². The van der Waals surface area contributed by atoms with Gasteiger partial charge in [0.2, 0.25) is 0 Å². The van der Waals surface area contributed by atoms with E-state index < -0.39 is 0 Å². The Kier molecular flexibility index (Phi) is 5.39. The first-order valence-corrected chi connectivity index (χ1v) is 8.28. The fraction of sp³-hybridized carbons (Fsp3) is 0.100. The maximum atomic E-state index is 12.2. The largest absolute Gasteiger partial charge is 0.496 e. The molecule has 3 rings (SSSR count). The first kappa shape index (κ1) is 17.8. The quantitative estimate of drug-likeness (QED) is 0.525. The number of carbonyl (C=O) groups is 1.